The minimum absolute atomic E-state index is 0.0394. The molecule has 6 nitrogen and oxygen atoms in total. The van der Waals surface area contributed by atoms with Gasteiger partial charge in [0.2, 0.25) is 0 Å². The minimum atomic E-state index is -4.57. The summed E-state index contributed by atoms with van der Waals surface area (Å²) in [6.45, 7) is 0. The van der Waals surface area contributed by atoms with Gasteiger partial charge in [-0.25, -0.2) is 13.4 Å². The van der Waals surface area contributed by atoms with E-state index in [1.54, 1.807) is 5.38 Å². The number of alkyl halides is 3. The number of pyridine rings is 1. The zero-order chi connectivity index (χ0) is 23.1. The van der Waals surface area contributed by atoms with Crippen LogP contribution in [0.4, 0.5) is 13.2 Å². The summed E-state index contributed by atoms with van der Waals surface area (Å²) in [7, 11) is -2.48. The molecule has 2 aromatic heterocycles. The van der Waals surface area contributed by atoms with Crippen molar-refractivity contribution < 1.29 is 26.3 Å². The molecule has 0 fully saturated rings. The van der Waals surface area contributed by atoms with Crippen molar-refractivity contribution in [3.8, 4) is 16.9 Å². The second-order valence-corrected chi connectivity index (χ2v) is 9.81. The number of thiazole rings is 1. The molecule has 0 saturated carbocycles. The number of benzene rings is 2. The highest BCUT2D eigenvalue weighted by Gasteiger charge is 2.31. The molecule has 32 heavy (non-hydrogen) atoms. The van der Waals surface area contributed by atoms with Gasteiger partial charge in [0.25, 0.3) is 5.56 Å². The molecule has 0 aliphatic rings. The first-order valence-corrected chi connectivity index (χ1v) is 11.7. The number of ether oxygens (including phenoxy) is 1. The van der Waals surface area contributed by atoms with Crippen LogP contribution < -0.4 is 10.3 Å². The van der Waals surface area contributed by atoms with Crippen LogP contribution in [0.1, 0.15) is 10.6 Å². The van der Waals surface area contributed by atoms with E-state index >= 15 is 0 Å². The summed E-state index contributed by atoms with van der Waals surface area (Å²) >= 11 is 1.22. The van der Waals surface area contributed by atoms with Gasteiger partial charge < -0.3 is 9.72 Å². The van der Waals surface area contributed by atoms with Gasteiger partial charge in [0.1, 0.15) is 16.5 Å². The van der Waals surface area contributed by atoms with E-state index in [2.05, 4.69) is 9.97 Å². The lowest BCUT2D eigenvalue weighted by atomic mass is 9.98. The maximum atomic E-state index is 13.1. The van der Waals surface area contributed by atoms with Crippen LogP contribution in [0.3, 0.4) is 0 Å². The number of sulfone groups is 1. The molecule has 0 saturated heterocycles. The quantitative estimate of drug-likeness (QED) is 0.449. The number of halogens is 3. The van der Waals surface area contributed by atoms with Crippen LogP contribution in [0.15, 0.2) is 63.9 Å². The van der Waals surface area contributed by atoms with Gasteiger partial charge in [-0.15, -0.1) is 11.3 Å². The molecule has 0 amide bonds. The SMILES string of the molecule is COc1cc(C(F)(F)F)ccc1-c1c(=O)[nH]cc2cc(S(=O)(=O)Cc3nccs3)ccc12. The number of nitrogens with zero attached hydrogens (tertiary/aromatic N) is 1. The fraction of sp³-hybridized carbons (Fsp3) is 0.143. The Labute approximate surface area is 184 Å². The Morgan fingerprint density at radius 2 is 1.94 bits per heavy atom. The van der Waals surface area contributed by atoms with E-state index in [-0.39, 0.29) is 27.5 Å². The monoisotopic (exact) mass is 480 g/mol. The third-order valence-electron chi connectivity index (χ3n) is 4.83. The third-order valence-corrected chi connectivity index (χ3v) is 7.42. The van der Waals surface area contributed by atoms with Crippen molar-refractivity contribution >= 4 is 31.9 Å². The molecular weight excluding hydrogens is 465 g/mol. The van der Waals surface area contributed by atoms with Gasteiger partial charge in [0.15, 0.2) is 9.84 Å². The third kappa shape index (κ3) is 4.13. The summed E-state index contributed by atoms with van der Waals surface area (Å²) in [6.07, 6.45) is -1.69. The van der Waals surface area contributed by atoms with Crippen molar-refractivity contribution in [1.82, 2.24) is 9.97 Å². The molecule has 0 atom stereocenters. The van der Waals surface area contributed by atoms with Crippen LogP contribution in [-0.4, -0.2) is 25.5 Å². The van der Waals surface area contributed by atoms with Crippen molar-refractivity contribution in [3.05, 3.63) is 75.1 Å². The van der Waals surface area contributed by atoms with Gasteiger partial charge in [-0.05, 0) is 41.1 Å². The number of fused-ring (bicyclic) bond motifs is 1. The maximum absolute atomic E-state index is 13.1. The van der Waals surface area contributed by atoms with Crippen molar-refractivity contribution in [1.29, 1.82) is 0 Å². The van der Waals surface area contributed by atoms with E-state index in [1.165, 1.54) is 55.1 Å². The average Bonchev–Trinajstić information content (AvgIpc) is 3.24. The predicted octanol–water partition coefficient (Wildman–Crippen LogP) is 4.65. The fourth-order valence-corrected chi connectivity index (χ4v) is 5.62. The Kier molecular flexibility index (Phi) is 5.55. The molecule has 2 aromatic carbocycles. The Morgan fingerprint density at radius 3 is 2.59 bits per heavy atom. The van der Waals surface area contributed by atoms with Crippen LogP contribution in [0.2, 0.25) is 0 Å². The molecule has 4 rings (SSSR count). The van der Waals surface area contributed by atoms with Gasteiger partial charge in [-0.3, -0.25) is 4.79 Å². The smallest absolute Gasteiger partial charge is 0.416 e. The summed E-state index contributed by atoms with van der Waals surface area (Å²) in [5, 5.41) is 2.91. The Balaban J connectivity index is 1.85. The molecule has 4 aromatic rings. The summed E-state index contributed by atoms with van der Waals surface area (Å²) in [4.78, 5) is 19.2. The van der Waals surface area contributed by atoms with Crippen LogP contribution in [-0.2, 0) is 21.8 Å². The first kappa shape index (κ1) is 22.0. The normalized spacial score (nSPS) is 12.2. The number of nitrogens with one attached hydrogen (secondary N) is 1. The Bertz CT molecular complexity index is 1460. The van der Waals surface area contributed by atoms with Gasteiger partial charge >= 0.3 is 6.18 Å². The first-order chi connectivity index (χ1) is 15.1. The van der Waals surface area contributed by atoms with E-state index in [0.717, 1.165) is 12.1 Å². The number of methoxy groups -OCH3 is 1. The van der Waals surface area contributed by atoms with E-state index in [1.807, 2.05) is 0 Å². The molecule has 0 aliphatic heterocycles. The van der Waals surface area contributed by atoms with Crippen LogP contribution in [0, 0.1) is 0 Å². The first-order valence-electron chi connectivity index (χ1n) is 9.12. The highest BCUT2D eigenvalue weighted by Crippen LogP contribution is 2.38. The Morgan fingerprint density at radius 1 is 1.16 bits per heavy atom. The highest BCUT2D eigenvalue weighted by atomic mass is 32.2. The van der Waals surface area contributed by atoms with Crippen LogP contribution in [0.25, 0.3) is 21.9 Å². The van der Waals surface area contributed by atoms with Crippen molar-refractivity contribution in [2.45, 2.75) is 16.8 Å². The molecule has 0 unspecified atom stereocenters. The lowest BCUT2D eigenvalue weighted by Crippen LogP contribution is -2.11. The largest absolute Gasteiger partial charge is 0.496 e. The summed E-state index contributed by atoms with van der Waals surface area (Å²) in [5.74, 6) is -0.391. The summed E-state index contributed by atoms with van der Waals surface area (Å²) in [6, 6.07) is 7.09. The van der Waals surface area contributed by atoms with E-state index in [0.29, 0.717) is 15.8 Å². The summed E-state index contributed by atoms with van der Waals surface area (Å²) < 4.78 is 69.9. The average molecular weight is 480 g/mol. The molecule has 0 aliphatic carbocycles. The standard InChI is InChI=1S/C21H15F3N2O4S2/c1-30-17-9-13(21(22,23)24)2-4-16(17)19-15-5-3-14(8-12(15)10-26-20(19)27)32(28,29)11-18-25-6-7-31-18/h2-10H,11H2,1H3,(H,26,27). The van der Waals surface area contributed by atoms with Crippen molar-refractivity contribution in [3.63, 3.8) is 0 Å². The molecule has 0 radical (unpaired) electrons. The number of hydrogen-bond acceptors (Lipinski definition) is 6. The van der Waals surface area contributed by atoms with Gasteiger partial charge in [0.05, 0.1) is 23.1 Å². The highest BCUT2D eigenvalue weighted by molar-refractivity contribution is 7.90. The Hall–Kier alpha value is -3.18. The van der Waals surface area contributed by atoms with Crippen molar-refractivity contribution in [2.75, 3.05) is 7.11 Å². The van der Waals surface area contributed by atoms with E-state index in [4.69, 9.17) is 4.74 Å². The number of aromatic amines is 1. The molecule has 0 bridgehead atoms. The van der Waals surface area contributed by atoms with E-state index < -0.39 is 27.1 Å². The number of aromatic nitrogens is 2. The number of hydrogen-bond donors (Lipinski definition) is 1. The van der Waals surface area contributed by atoms with Crippen molar-refractivity contribution in [2.24, 2.45) is 0 Å². The lowest BCUT2D eigenvalue weighted by Gasteiger charge is -2.14. The van der Waals surface area contributed by atoms with Gasteiger partial charge in [-0.2, -0.15) is 13.2 Å². The number of H-pyrrole nitrogens is 1. The molecular formula is C21H15F3N2O4S2. The molecule has 1 N–H and O–H groups in total. The lowest BCUT2D eigenvalue weighted by molar-refractivity contribution is -0.137. The predicted molar refractivity (Wildman–Crippen MR) is 115 cm³/mol. The van der Waals surface area contributed by atoms with Gasteiger partial charge in [-0.1, -0.05) is 6.07 Å². The molecule has 166 valence electrons. The molecule has 11 heteroatoms. The zero-order valence-corrected chi connectivity index (χ0v) is 18.1. The minimum Gasteiger partial charge on any atom is -0.496 e. The van der Waals surface area contributed by atoms with Gasteiger partial charge in [0, 0.05) is 23.3 Å². The molecule has 0 spiro atoms. The molecule has 2 heterocycles. The fourth-order valence-electron chi connectivity index (χ4n) is 3.33. The number of rotatable bonds is 5. The van der Waals surface area contributed by atoms with E-state index in [9.17, 15) is 26.4 Å². The maximum Gasteiger partial charge on any atom is 0.416 e. The second kappa shape index (κ2) is 8.06. The topological polar surface area (TPSA) is 89.1 Å². The van der Waals surface area contributed by atoms with Crippen LogP contribution in [0.5, 0.6) is 5.75 Å². The van der Waals surface area contributed by atoms with Crippen LogP contribution >= 0.6 is 11.3 Å². The summed E-state index contributed by atoms with van der Waals surface area (Å²) in [5.41, 5.74) is -1.22. The second-order valence-electron chi connectivity index (χ2n) is 6.84. The zero-order valence-electron chi connectivity index (χ0n) is 16.4.